The minimum atomic E-state index is -0.285. The molecule has 11 heteroatoms. The average molecular weight is 578 g/mol. The zero-order valence-corrected chi connectivity index (χ0v) is 24.4. The highest BCUT2D eigenvalue weighted by Gasteiger charge is 2.31. The number of halogens is 1. The summed E-state index contributed by atoms with van der Waals surface area (Å²) in [6, 6.07) is 11.5. The van der Waals surface area contributed by atoms with Gasteiger partial charge in [0.25, 0.3) is 0 Å². The number of carbonyl (C=O) groups excluding carboxylic acids is 1. The number of piperazine rings is 1. The van der Waals surface area contributed by atoms with Gasteiger partial charge in [-0.3, -0.25) is 9.63 Å². The minimum absolute atomic E-state index is 0.0286. The van der Waals surface area contributed by atoms with Gasteiger partial charge in [-0.2, -0.15) is 0 Å². The van der Waals surface area contributed by atoms with E-state index in [4.69, 9.17) is 21.2 Å². The van der Waals surface area contributed by atoms with Gasteiger partial charge in [-0.1, -0.05) is 37.2 Å². The zero-order valence-electron chi connectivity index (χ0n) is 23.7. The zero-order chi connectivity index (χ0) is 28.9. The molecule has 2 aromatic carbocycles. The normalized spacial score (nSPS) is 17.4. The van der Waals surface area contributed by atoms with Crippen LogP contribution in [0.1, 0.15) is 30.5 Å². The summed E-state index contributed by atoms with van der Waals surface area (Å²) in [5.74, 6) is 1.51. The third kappa shape index (κ3) is 6.24. The highest BCUT2D eigenvalue weighted by atomic mass is 35.5. The van der Waals surface area contributed by atoms with Crippen molar-refractivity contribution in [3.05, 3.63) is 71.5 Å². The van der Waals surface area contributed by atoms with E-state index in [9.17, 15) is 4.79 Å². The van der Waals surface area contributed by atoms with Crippen LogP contribution in [0.2, 0.25) is 5.02 Å². The largest absolute Gasteiger partial charge is 0.494 e. The molecule has 216 valence electrons. The molecular formula is C30H36ClN7O3. The number of anilines is 5. The molecule has 0 aliphatic carbocycles. The van der Waals surface area contributed by atoms with Crippen LogP contribution in [0.3, 0.4) is 0 Å². The number of aromatic nitrogens is 2. The highest BCUT2D eigenvalue weighted by Crippen LogP contribution is 2.40. The summed E-state index contributed by atoms with van der Waals surface area (Å²) in [7, 11) is 1.63. The topological polar surface area (TPSA) is 95.1 Å². The van der Waals surface area contributed by atoms with Crippen LogP contribution in [0.4, 0.5) is 28.7 Å². The number of likely N-dealkylation sites (N-methyl/N-ethyl adjacent to an activating group) is 1. The number of carbonyl (C=O) groups is 1. The van der Waals surface area contributed by atoms with Crippen molar-refractivity contribution in [1.82, 2.24) is 14.9 Å². The Hall–Kier alpha value is -3.86. The Balaban J connectivity index is 1.44. The van der Waals surface area contributed by atoms with Gasteiger partial charge in [0.2, 0.25) is 5.91 Å². The molecule has 1 atom stereocenters. The van der Waals surface area contributed by atoms with E-state index >= 15 is 0 Å². The molecule has 2 aliphatic heterocycles. The standard InChI is InChI=1S/C30H36ClN7O3/c1-5-30(39)35-23-16-24(27(40-4)17-26(23)37-13-11-36(6-2)12-14-37)34-28-18-29(33-19-32-28)38-25(10-15-41-38)21-8-7-9-22(31)20(21)3/h5,7-9,16-19,25H,1,6,10-15H2,2-4H3,(H,35,39)(H,32,33,34)/t25-/m1/s1. The van der Waals surface area contributed by atoms with Crippen molar-refractivity contribution in [2.75, 3.05) is 67.0 Å². The van der Waals surface area contributed by atoms with Gasteiger partial charge in [0, 0.05) is 49.8 Å². The first-order valence-corrected chi connectivity index (χ1v) is 14.2. The second kappa shape index (κ2) is 12.8. The van der Waals surface area contributed by atoms with Crippen molar-refractivity contribution in [3.8, 4) is 5.75 Å². The van der Waals surface area contributed by atoms with Crippen LogP contribution >= 0.6 is 11.6 Å². The molecule has 2 saturated heterocycles. The summed E-state index contributed by atoms with van der Waals surface area (Å²) in [6.07, 6.45) is 3.57. The van der Waals surface area contributed by atoms with Crippen molar-refractivity contribution >= 4 is 46.2 Å². The van der Waals surface area contributed by atoms with Gasteiger partial charge in [0.15, 0.2) is 5.82 Å². The van der Waals surface area contributed by atoms with Gasteiger partial charge in [0.1, 0.15) is 17.9 Å². The molecule has 2 aliphatic rings. The fraction of sp³-hybridized carbons (Fsp3) is 0.367. The summed E-state index contributed by atoms with van der Waals surface area (Å²) in [6.45, 7) is 13.0. The van der Waals surface area contributed by atoms with Gasteiger partial charge in [-0.25, -0.2) is 15.0 Å². The second-order valence-corrected chi connectivity index (χ2v) is 10.4. The quantitative estimate of drug-likeness (QED) is 0.327. The highest BCUT2D eigenvalue weighted by molar-refractivity contribution is 6.31. The minimum Gasteiger partial charge on any atom is -0.494 e. The predicted molar refractivity (Wildman–Crippen MR) is 163 cm³/mol. The number of hydroxylamine groups is 1. The Morgan fingerprint density at radius 3 is 2.73 bits per heavy atom. The molecule has 0 radical (unpaired) electrons. The molecule has 0 saturated carbocycles. The summed E-state index contributed by atoms with van der Waals surface area (Å²) < 4.78 is 5.78. The molecule has 1 amide bonds. The lowest BCUT2D eigenvalue weighted by atomic mass is 9.99. The van der Waals surface area contributed by atoms with Crippen molar-refractivity contribution in [1.29, 1.82) is 0 Å². The summed E-state index contributed by atoms with van der Waals surface area (Å²) in [5, 5.41) is 8.87. The first-order valence-electron chi connectivity index (χ1n) is 13.8. The number of ether oxygens (including phenoxy) is 1. The Bertz CT molecular complexity index is 1410. The van der Waals surface area contributed by atoms with Crippen LogP contribution in [0.25, 0.3) is 0 Å². The van der Waals surface area contributed by atoms with E-state index in [1.807, 2.05) is 42.3 Å². The van der Waals surface area contributed by atoms with E-state index in [-0.39, 0.29) is 11.9 Å². The smallest absolute Gasteiger partial charge is 0.247 e. The lowest BCUT2D eigenvalue weighted by Crippen LogP contribution is -2.46. The maximum atomic E-state index is 12.4. The first-order chi connectivity index (χ1) is 19.9. The van der Waals surface area contributed by atoms with Crippen LogP contribution in [0, 0.1) is 6.92 Å². The van der Waals surface area contributed by atoms with E-state index in [1.165, 1.54) is 12.4 Å². The SMILES string of the molecule is C=CC(=O)Nc1cc(Nc2cc(N3OCC[C@@H]3c3cccc(Cl)c3C)ncn2)c(OC)cc1N1CCN(CC)CC1. The molecule has 0 unspecified atom stereocenters. The molecule has 0 spiro atoms. The number of amides is 1. The van der Waals surface area contributed by atoms with Crippen LogP contribution in [-0.2, 0) is 9.63 Å². The number of methoxy groups -OCH3 is 1. The molecular weight excluding hydrogens is 542 g/mol. The predicted octanol–water partition coefficient (Wildman–Crippen LogP) is 5.34. The van der Waals surface area contributed by atoms with Gasteiger partial charge in [0.05, 0.1) is 36.8 Å². The second-order valence-electron chi connectivity index (χ2n) is 9.99. The maximum Gasteiger partial charge on any atom is 0.247 e. The number of rotatable bonds is 9. The van der Waals surface area contributed by atoms with E-state index < -0.39 is 0 Å². The number of hydrogen-bond donors (Lipinski definition) is 2. The Morgan fingerprint density at radius 2 is 2.00 bits per heavy atom. The maximum absolute atomic E-state index is 12.4. The molecule has 2 fully saturated rings. The Kier molecular flexibility index (Phi) is 8.92. The van der Waals surface area contributed by atoms with Gasteiger partial charge >= 0.3 is 0 Å². The number of nitrogens with one attached hydrogen (secondary N) is 2. The third-order valence-electron chi connectivity index (χ3n) is 7.64. The monoisotopic (exact) mass is 577 g/mol. The van der Waals surface area contributed by atoms with E-state index in [1.54, 1.807) is 7.11 Å². The molecule has 10 nitrogen and oxygen atoms in total. The fourth-order valence-electron chi connectivity index (χ4n) is 5.32. The van der Waals surface area contributed by atoms with Crippen LogP contribution in [0.5, 0.6) is 5.75 Å². The lowest BCUT2D eigenvalue weighted by molar-refractivity contribution is -0.111. The summed E-state index contributed by atoms with van der Waals surface area (Å²) in [4.78, 5) is 32.0. The fourth-order valence-corrected chi connectivity index (χ4v) is 5.50. The van der Waals surface area contributed by atoms with Crippen molar-refractivity contribution in [2.45, 2.75) is 26.3 Å². The molecule has 3 aromatic rings. The van der Waals surface area contributed by atoms with Crippen molar-refractivity contribution in [2.24, 2.45) is 0 Å². The molecule has 2 N–H and O–H groups in total. The van der Waals surface area contributed by atoms with Crippen LogP contribution in [0.15, 0.2) is 55.4 Å². The number of benzene rings is 2. The van der Waals surface area contributed by atoms with Crippen LogP contribution in [-0.4, -0.2) is 67.2 Å². The van der Waals surface area contributed by atoms with Crippen molar-refractivity contribution in [3.63, 3.8) is 0 Å². The molecule has 41 heavy (non-hydrogen) atoms. The van der Waals surface area contributed by atoms with Crippen LogP contribution < -0.4 is 25.3 Å². The van der Waals surface area contributed by atoms with Gasteiger partial charge in [-0.15, -0.1) is 0 Å². The molecule has 5 rings (SSSR count). The first kappa shape index (κ1) is 28.7. The van der Waals surface area contributed by atoms with Gasteiger partial charge < -0.3 is 25.2 Å². The van der Waals surface area contributed by atoms with E-state index in [2.05, 4.69) is 50.0 Å². The third-order valence-corrected chi connectivity index (χ3v) is 8.05. The summed E-state index contributed by atoms with van der Waals surface area (Å²) >= 11 is 6.41. The summed E-state index contributed by atoms with van der Waals surface area (Å²) in [5.41, 5.74) is 4.33. The van der Waals surface area contributed by atoms with Gasteiger partial charge in [-0.05, 0) is 42.8 Å². The molecule has 1 aromatic heterocycles. The Labute approximate surface area is 245 Å². The number of nitrogens with zero attached hydrogens (tertiary/aromatic N) is 5. The average Bonchev–Trinajstić information content (AvgIpc) is 3.49. The van der Waals surface area contributed by atoms with E-state index in [0.29, 0.717) is 35.4 Å². The molecule has 0 bridgehead atoms. The molecule has 3 heterocycles. The van der Waals surface area contributed by atoms with Crippen molar-refractivity contribution < 1.29 is 14.4 Å². The number of hydrogen-bond acceptors (Lipinski definition) is 9. The van der Waals surface area contributed by atoms with E-state index in [0.717, 1.165) is 61.0 Å². The Morgan fingerprint density at radius 1 is 1.20 bits per heavy atom. The lowest BCUT2D eigenvalue weighted by Gasteiger charge is -2.36.